The number of nitrogens with zero attached hydrogens (tertiary/aromatic N) is 1. The Morgan fingerprint density at radius 1 is 1.23 bits per heavy atom. The smallest absolute Gasteiger partial charge is 0.240 e. The van der Waals surface area contributed by atoms with Gasteiger partial charge in [0.05, 0.1) is 6.04 Å². The topological polar surface area (TPSA) is 32.3 Å². The molecule has 2 aliphatic rings. The van der Waals surface area contributed by atoms with Crippen LogP contribution < -0.4 is 5.32 Å². The van der Waals surface area contributed by atoms with Crippen LogP contribution in [0.2, 0.25) is 0 Å². The first-order chi connectivity index (χ1) is 10.2. The van der Waals surface area contributed by atoms with E-state index in [4.69, 9.17) is 0 Å². The molecule has 22 heavy (non-hydrogen) atoms. The first-order valence-electron chi connectivity index (χ1n) is 8.33. The van der Waals surface area contributed by atoms with Gasteiger partial charge in [0.25, 0.3) is 0 Å². The lowest BCUT2D eigenvalue weighted by Gasteiger charge is -2.39. The molecule has 2 fully saturated rings. The van der Waals surface area contributed by atoms with Crippen molar-refractivity contribution in [2.24, 2.45) is 0 Å². The number of hydrogen-bond donors (Lipinski definition) is 1. The molecule has 0 spiro atoms. The van der Waals surface area contributed by atoms with Crippen molar-refractivity contribution in [3.8, 4) is 0 Å². The summed E-state index contributed by atoms with van der Waals surface area (Å²) in [5.41, 5.74) is 2.53. The van der Waals surface area contributed by atoms with Crippen molar-refractivity contribution in [1.29, 1.82) is 0 Å². The van der Waals surface area contributed by atoms with Gasteiger partial charge in [-0.2, -0.15) is 0 Å². The predicted octanol–water partition coefficient (Wildman–Crippen LogP) is 3.44. The summed E-state index contributed by atoms with van der Waals surface area (Å²) in [6.07, 6.45) is 7.19. The fraction of sp³-hybridized carbons (Fsp3) is 0.611. The summed E-state index contributed by atoms with van der Waals surface area (Å²) in [7, 11) is 0. The zero-order valence-electron chi connectivity index (χ0n) is 13.4. The molecule has 1 aromatic carbocycles. The minimum Gasteiger partial charge on any atom is -0.334 e. The number of amides is 1. The third-order valence-electron chi connectivity index (χ3n) is 4.86. The van der Waals surface area contributed by atoms with Gasteiger partial charge in [-0.15, -0.1) is 12.4 Å². The van der Waals surface area contributed by atoms with Gasteiger partial charge in [-0.3, -0.25) is 4.79 Å². The summed E-state index contributed by atoms with van der Waals surface area (Å²) >= 11 is 0. The molecule has 1 amide bonds. The van der Waals surface area contributed by atoms with E-state index in [1.807, 2.05) is 0 Å². The molecule has 1 saturated heterocycles. The molecule has 122 valence electrons. The lowest BCUT2D eigenvalue weighted by Crippen LogP contribution is -2.56. The summed E-state index contributed by atoms with van der Waals surface area (Å²) in [6, 6.07) is 9.06. The number of carbonyl (C=O) groups excluding carboxylic acids is 1. The van der Waals surface area contributed by atoms with Crippen molar-refractivity contribution in [3.05, 3.63) is 35.4 Å². The Bertz CT molecular complexity index is 496. The number of carbonyl (C=O) groups is 1. The first kappa shape index (κ1) is 17.3. The summed E-state index contributed by atoms with van der Waals surface area (Å²) < 4.78 is 0. The van der Waals surface area contributed by atoms with Gasteiger partial charge in [0.15, 0.2) is 0 Å². The lowest BCUT2D eigenvalue weighted by atomic mass is 9.92. The van der Waals surface area contributed by atoms with Crippen LogP contribution in [0.5, 0.6) is 0 Å². The molecule has 1 aliphatic heterocycles. The standard InChI is InChI=1S/C18H26N2O.ClH/c1-14-6-5-7-15(12-14)13-20(16-8-3-2-4-9-16)18(21)17-10-11-19-17;/h5-7,12,16-17,19H,2-4,8-11,13H2,1H3;1H. The van der Waals surface area contributed by atoms with Crippen LogP contribution in [0.4, 0.5) is 0 Å². The molecule has 3 rings (SSSR count). The van der Waals surface area contributed by atoms with E-state index in [2.05, 4.69) is 41.4 Å². The summed E-state index contributed by atoms with van der Waals surface area (Å²) in [5.74, 6) is 0.314. The number of halogens is 1. The van der Waals surface area contributed by atoms with Crippen molar-refractivity contribution in [2.75, 3.05) is 6.54 Å². The van der Waals surface area contributed by atoms with Crippen LogP contribution in [0.25, 0.3) is 0 Å². The minimum atomic E-state index is 0. The van der Waals surface area contributed by atoms with Crippen molar-refractivity contribution in [2.45, 2.75) is 64.1 Å². The van der Waals surface area contributed by atoms with E-state index in [9.17, 15) is 4.79 Å². The maximum absolute atomic E-state index is 12.8. The number of rotatable bonds is 4. The lowest BCUT2D eigenvalue weighted by molar-refractivity contribution is -0.139. The minimum absolute atomic E-state index is 0. The van der Waals surface area contributed by atoms with Crippen LogP contribution in [0.3, 0.4) is 0 Å². The number of nitrogens with one attached hydrogen (secondary N) is 1. The van der Waals surface area contributed by atoms with Crippen LogP contribution in [-0.4, -0.2) is 29.4 Å². The second-order valence-corrected chi connectivity index (χ2v) is 6.54. The Hall–Kier alpha value is -1.06. The van der Waals surface area contributed by atoms with Crippen molar-refractivity contribution in [1.82, 2.24) is 10.2 Å². The highest BCUT2D eigenvalue weighted by molar-refractivity contribution is 5.85. The van der Waals surface area contributed by atoms with Gasteiger partial charge in [0, 0.05) is 12.6 Å². The normalized spacial score (nSPS) is 21.6. The van der Waals surface area contributed by atoms with Gasteiger partial charge in [-0.05, 0) is 38.3 Å². The van der Waals surface area contributed by atoms with Gasteiger partial charge in [-0.1, -0.05) is 49.1 Å². The number of aryl methyl sites for hydroxylation is 1. The van der Waals surface area contributed by atoms with Crippen LogP contribution in [0.15, 0.2) is 24.3 Å². The largest absolute Gasteiger partial charge is 0.334 e. The molecule has 1 aliphatic carbocycles. The molecule has 1 saturated carbocycles. The average molecular weight is 323 g/mol. The second kappa shape index (κ2) is 7.98. The summed E-state index contributed by atoms with van der Waals surface area (Å²) in [4.78, 5) is 14.9. The Balaban J connectivity index is 0.00000176. The molecule has 1 unspecified atom stereocenters. The van der Waals surface area contributed by atoms with E-state index >= 15 is 0 Å². The Morgan fingerprint density at radius 3 is 2.55 bits per heavy atom. The molecule has 3 nitrogen and oxygen atoms in total. The molecular weight excluding hydrogens is 296 g/mol. The van der Waals surface area contributed by atoms with Crippen LogP contribution >= 0.6 is 12.4 Å². The van der Waals surface area contributed by atoms with E-state index < -0.39 is 0 Å². The summed E-state index contributed by atoms with van der Waals surface area (Å²) in [5, 5.41) is 3.27. The molecule has 0 bridgehead atoms. The van der Waals surface area contributed by atoms with Crippen molar-refractivity contribution < 1.29 is 4.79 Å². The van der Waals surface area contributed by atoms with E-state index in [1.54, 1.807) is 0 Å². The average Bonchev–Trinajstić information content (AvgIpc) is 2.44. The van der Waals surface area contributed by atoms with E-state index in [0.717, 1.165) is 19.5 Å². The Morgan fingerprint density at radius 2 is 1.95 bits per heavy atom. The van der Waals surface area contributed by atoms with E-state index in [-0.39, 0.29) is 18.4 Å². The first-order valence-corrected chi connectivity index (χ1v) is 8.33. The zero-order chi connectivity index (χ0) is 14.7. The molecule has 1 heterocycles. The highest BCUT2D eigenvalue weighted by Gasteiger charge is 2.33. The monoisotopic (exact) mass is 322 g/mol. The van der Waals surface area contributed by atoms with E-state index in [0.29, 0.717) is 11.9 Å². The Labute approximate surface area is 139 Å². The van der Waals surface area contributed by atoms with Gasteiger partial charge in [-0.25, -0.2) is 0 Å². The van der Waals surface area contributed by atoms with Gasteiger partial charge in [0.2, 0.25) is 5.91 Å². The van der Waals surface area contributed by atoms with Crippen LogP contribution in [-0.2, 0) is 11.3 Å². The van der Waals surface area contributed by atoms with Crippen molar-refractivity contribution >= 4 is 18.3 Å². The highest BCUT2D eigenvalue weighted by Crippen LogP contribution is 2.26. The van der Waals surface area contributed by atoms with Gasteiger partial charge >= 0.3 is 0 Å². The fourth-order valence-electron chi connectivity index (χ4n) is 3.49. The molecule has 4 heteroatoms. The second-order valence-electron chi connectivity index (χ2n) is 6.54. The van der Waals surface area contributed by atoms with Crippen LogP contribution in [0, 0.1) is 6.92 Å². The predicted molar refractivity (Wildman–Crippen MR) is 92.3 cm³/mol. The third kappa shape index (κ3) is 4.02. The SMILES string of the molecule is Cc1cccc(CN(C(=O)C2CCN2)C2CCCCC2)c1.Cl. The van der Waals surface area contributed by atoms with E-state index in [1.165, 1.54) is 43.2 Å². The number of benzene rings is 1. The molecule has 1 atom stereocenters. The molecular formula is C18H27ClN2O. The highest BCUT2D eigenvalue weighted by atomic mass is 35.5. The van der Waals surface area contributed by atoms with Gasteiger partial charge < -0.3 is 10.2 Å². The van der Waals surface area contributed by atoms with Crippen LogP contribution in [0.1, 0.15) is 49.7 Å². The maximum Gasteiger partial charge on any atom is 0.240 e. The molecule has 0 radical (unpaired) electrons. The Kier molecular flexibility index (Phi) is 6.27. The maximum atomic E-state index is 12.8. The quantitative estimate of drug-likeness (QED) is 0.921. The summed E-state index contributed by atoms with van der Waals surface area (Å²) in [6.45, 7) is 3.87. The van der Waals surface area contributed by atoms with Crippen molar-refractivity contribution in [3.63, 3.8) is 0 Å². The molecule has 1 N–H and O–H groups in total. The number of hydrogen-bond acceptors (Lipinski definition) is 2. The van der Waals surface area contributed by atoms with Gasteiger partial charge in [0.1, 0.15) is 0 Å². The zero-order valence-corrected chi connectivity index (χ0v) is 14.2. The fourth-order valence-corrected chi connectivity index (χ4v) is 3.49. The molecule has 1 aromatic rings. The third-order valence-corrected chi connectivity index (χ3v) is 4.86. The molecule has 0 aromatic heterocycles.